The maximum Gasteiger partial charge on any atom is 0.276 e. The van der Waals surface area contributed by atoms with Gasteiger partial charge in [0.25, 0.3) is 5.69 Å². The van der Waals surface area contributed by atoms with Gasteiger partial charge in [0.05, 0.1) is 17.1 Å². The second-order valence-corrected chi connectivity index (χ2v) is 5.21. The number of hydrogen-bond acceptors (Lipinski definition) is 6. The number of aromatic nitrogens is 1. The van der Waals surface area contributed by atoms with Gasteiger partial charge in [-0.1, -0.05) is 12.8 Å². The molecule has 0 radical (unpaired) electrons. The summed E-state index contributed by atoms with van der Waals surface area (Å²) in [6.45, 7) is 0.757. The van der Waals surface area contributed by atoms with Gasteiger partial charge in [0.2, 0.25) is 0 Å². The van der Waals surface area contributed by atoms with Crippen molar-refractivity contribution in [2.24, 2.45) is 0 Å². The average molecular weight is 284 g/mol. The number of nitrogens with two attached hydrogens (primary N) is 1. The molecular weight excluding hydrogens is 264 g/mol. The van der Waals surface area contributed by atoms with Crippen LogP contribution in [0.2, 0.25) is 0 Å². The summed E-state index contributed by atoms with van der Waals surface area (Å²) in [6.07, 6.45) is 6.74. The van der Waals surface area contributed by atoms with Crippen LogP contribution in [0.4, 0.5) is 17.3 Å². The van der Waals surface area contributed by atoms with E-state index in [1.165, 1.54) is 30.7 Å². The summed E-state index contributed by atoms with van der Waals surface area (Å²) in [4.78, 5) is 14.2. The van der Waals surface area contributed by atoms with Crippen molar-refractivity contribution in [3.05, 3.63) is 22.2 Å². The minimum atomic E-state index is -0.467. The zero-order chi connectivity index (χ0) is 14.1. The topological polar surface area (TPSA) is 94.1 Å². The first-order chi connectivity index (χ1) is 9.13. The fraction of sp³-hybridized carbons (Fsp3) is 0.583. The molecule has 0 aromatic carbocycles. The third kappa shape index (κ3) is 6.28. The van der Waals surface area contributed by atoms with Crippen LogP contribution < -0.4 is 11.1 Å². The highest BCUT2D eigenvalue weighted by molar-refractivity contribution is 7.98. The van der Waals surface area contributed by atoms with Crippen LogP contribution in [0.5, 0.6) is 0 Å². The molecule has 0 unspecified atom stereocenters. The number of hydrogen-bond donors (Lipinski definition) is 2. The van der Waals surface area contributed by atoms with E-state index in [2.05, 4.69) is 16.6 Å². The van der Waals surface area contributed by atoms with Crippen LogP contribution in [0.25, 0.3) is 0 Å². The molecule has 0 saturated carbocycles. The number of nitrogens with zero attached hydrogens (tertiary/aromatic N) is 2. The minimum Gasteiger partial charge on any atom is -0.383 e. The van der Waals surface area contributed by atoms with E-state index in [0.29, 0.717) is 5.82 Å². The van der Waals surface area contributed by atoms with Gasteiger partial charge in [0.1, 0.15) is 11.6 Å². The number of anilines is 2. The molecule has 0 amide bonds. The summed E-state index contributed by atoms with van der Waals surface area (Å²) >= 11 is 1.86. The maximum atomic E-state index is 10.7. The van der Waals surface area contributed by atoms with Gasteiger partial charge in [0.15, 0.2) is 0 Å². The zero-order valence-corrected chi connectivity index (χ0v) is 11.9. The largest absolute Gasteiger partial charge is 0.383 e. The molecule has 0 atom stereocenters. The normalized spacial score (nSPS) is 10.4. The Hall–Kier alpha value is -1.50. The molecule has 19 heavy (non-hydrogen) atoms. The summed E-state index contributed by atoms with van der Waals surface area (Å²) in [6, 6.07) is 2.66. The first-order valence-electron chi connectivity index (χ1n) is 6.28. The molecule has 0 aliphatic carbocycles. The molecule has 106 valence electrons. The predicted molar refractivity (Wildman–Crippen MR) is 80.6 cm³/mol. The van der Waals surface area contributed by atoms with Crippen molar-refractivity contribution >= 4 is 29.1 Å². The molecule has 0 aliphatic rings. The van der Waals surface area contributed by atoms with E-state index in [1.54, 1.807) is 0 Å². The van der Waals surface area contributed by atoms with E-state index in [4.69, 9.17) is 5.73 Å². The molecule has 0 fully saturated rings. The van der Waals surface area contributed by atoms with E-state index < -0.39 is 4.92 Å². The highest BCUT2D eigenvalue weighted by atomic mass is 32.2. The Morgan fingerprint density at radius 2 is 2.11 bits per heavy atom. The Balaban J connectivity index is 2.31. The summed E-state index contributed by atoms with van der Waals surface area (Å²) in [5, 5.41) is 13.7. The highest BCUT2D eigenvalue weighted by Crippen LogP contribution is 2.18. The van der Waals surface area contributed by atoms with Gasteiger partial charge < -0.3 is 11.1 Å². The Morgan fingerprint density at radius 3 is 2.79 bits per heavy atom. The molecule has 1 aromatic rings. The standard InChI is InChI=1S/C12H20N4O2S/c1-19-7-5-3-2-4-6-14-12-9-10(16(17)18)8-11(13)15-12/h8-9H,2-7H2,1H3,(H3,13,14,15). The Morgan fingerprint density at radius 1 is 1.37 bits per heavy atom. The lowest BCUT2D eigenvalue weighted by atomic mass is 10.2. The van der Waals surface area contributed by atoms with E-state index >= 15 is 0 Å². The monoisotopic (exact) mass is 284 g/mol. The number of rotatable bonds is 9. The fourth-order valence-electron chi connectivity index (χ4n) is 1.67. The van der Waals surface area contributed by atoms with E-state index in [0.717, 1.165) is 19.4 Å². The quantitative estimate of drug-likeness (QED) is 0.411. The average Bonchev–Trinajstić information content (AvgIpc) is 2.37. The zero-order valence-electron chi connectivity index (χ0n) is 11.1. The smallest absolute Gasteiger partial charge is 0.276 e. The Kier molecular flexibility index (Phi) is 7.02. The van der Waals surface area contributed by atoms with Gasteiger partial charge in [-0.2, -0.15) is 11.8 Å². The number of unbranched alkanes of at least 4 members (excludes halogenated alkanes) is 3. The molecular formula is C12H20N4O2S. The summed E-state index contributed by atoms with van der Waals surface area (Å²) in [5.74, 6) is 1.84. The molecule has 1 heterocycles. The SMILES string of the molecule is CSCCCCCCNc1cc([N+](=O)[O-])cc(N)n1. The van der Waals surface area contributed by atoms with Crippen molar-refractivity contribution in [3.63, 3.8) is 0 Å². The van der Waals surface area contributed by atoms with E-state index in [-0.39, 0.29) is 11.5 Å². The van der Waals surface area contributed by atoms with Crippen LogP contribution in [0, 0.1) is 10.1 Å². The van der Waals surface area contributed by atoms with Crippen LogP contribution in [0.1, 0.15) is 25.7 Å². The Bertz CT molecular complexity index is 415. The van der Waals surface area contributed by atoms with Gasteiger partial charge in [-0.15, -0.1) is 0 Å². The third-order valence-electron chi connectivity index (χ3n) is 2.62. The Labute approximate surface area is 117 Å². The van der Waals surface area contributed by atoms with Crippen LogP contribution in [0.3, 0.4) is 0 Å². The van der Waals surface area contributed by atoms with Crippen LogP contribution in [0.15, 0.2) is 12.1 Å². The molecule has 6 nitrogen and oxygen atoms in total. The minimum absolute atomic E-state index is 0.0324. The molecule has 7 heteroatoms. The summed E-state index contributed by atoms with van der Waals surface area (Å²) in [7, 11) is 0. The molecule has 0 aliphatic heterocycles. The van der Waals surface area contributed by atoms with Crippen LogP contribution >= 0.6 is 11.8 Å². The lowest BCUT2D eigenvalue weighted by molar-refractivity contribution is -0.384. The highest BCUT2D eigenvalue weighted by Gasteiger charge is 2.09. The van der Waals surface area contributed by atoms with Crippen LogP contribution in [-0.2, 0) is 0 Å². The fourth-order valence-corrected chi connectivity index (χ4v) is 2.17. The third-order valence-corrected chi connectivity index (χ3v) is 3.32. The first kappa shape index (κ1) is 15.6. The molecule has 0 saturated heterocycles. The summed E-state index contributed by atoms with van der Waals surface area (Å²) < 4.78 is 0. The molecule has 1 aromatic heterocycles. The van der Waals surface area contributed by atoms with Crippen molar-refractivity contribution in [2.75, 3.05) is 29.6 Å². The van der Waals surface area contributed by atoms with Gasteiger partial charge in [-0.05, 0) is 24.9 Å². The first-order valence-corrected chi connectivity index (χ1v) is 7.67. The van der Waals surface area contributed by atoms with Gasteiger partial charge >= 0.3 is 0 Å². The lowest BCUT2D eigenvalue weighted by Gasteiger charge is -2.06. The number of nitro groups is 1. The number of nitrogen functional groups attached to an aromatic ring is 1. The van der Waals surface area contributed by atoms with Gasteiger partial charge in [-0.25, -0.2) is 4.98 Å². The number of nitrogens with one attached hydrogen (secondary N) is 1. The second kappa shape index (κ2) is 8.58. The van der Waals surface area contributed by atoms with Crippen molar-refractivity contribution in [1.82, 2.24) is 4.98 Å². The van der Waals surface area contributed by atoms with E-state index in [1.807, 2.05) is 11.8 Å². The van der Waals surface area contributed by atoms with Crippen molar-refractivity contribution in [1.29, 1.82) is 0 Å². The molecule has 3 N–H and O–H groups in total. The molecule has 1 rings (SSSR count). The van der Waals surface area contributed by atoms with Gasteiger partial charge in [-0.3, -0.25) is 10.1 Å². The maximum absolute atomic E-state index is 10.7. The molecule has 0 bridgehead atoms. The van der Waals surface area contributed by atoms with Crippen LogP contribution in [-0.4, -0.2) is 28.5 Å². The summed E-state index contributed by atoms with van der Waals surface area (Å²) in [5.41, 5.74) is 5.49. The second-order valence-electron chi connectivity index (χ2n) is 4.23. The number of thioether (sulfide) groups is 1. The van der Waals surface area contributed by atoms with Crippen molar-refractivity contribution in [3.8, 4) is 0 Å². The van der Waals surface area contributed by atoms with Crippen molar-refractivity contribution in [2.45, 2.75) is 25.7 Å². The lowest BCUT2D eigenvalue weighted by Crippen LogP contribution is -2.05. The van der Waals surface area contributed by atoms with Crippen molar-refractivity contribution < 1.29 is 4.92 Å². The van der Waals surface area contributed by atoms with Gasteiger partial charge in [0, 0.05) is 6.54 Å². The van der Waals surface area contributed by atoms with E-state index in [9.17, 15) is 10.1 Å². The number of pyridine rings is 1. The predicted octanol–water partition coefficient (Wildman–Crippen LogP) is 2.91. The molecule has 0 spiro atoms.